The van der Waals surface area contributed by atoms with Gasteiger partial charge in [0.1, 0.15) is 0 Å². The summed E-state index contributed by atoms with van der Waals surface area (Å²) in [5.41, 5.74) is 0.642. The van der Waals surface area contributed by atoms with E-state index in [9.17, 15) is 13.2 Å². The van der Waals surface area contributed by atoms with Crippen molar-refractivity contribution in [3.8, 4) is 0 Å². The number of rotatable bonds is 8. The van der Waals surface area contributed by atoms with Crippen LogP contribution in [-0.4, -0.2) is 26.6 Å². The fraction of sp³-hybridized carbons (Fsp3) is 0.455. The molecule has 0 aliphatic rings. The first-order valence-corrected chi connectivity index (χ1v) is 4.90. The number of hydrogen-bond acceptors (Lipinski definition) is 3. The molecule has 0 spiro atoms. The number of hydrogen-bond donors (Lipinski definition) is 0. The van der Waals surface area contributed by atoms with Gasteiger partial charge in [0.2, 0.25) is 0 Å². The highest BCUT2D eigenvalue weighted by Crippen LogP contribution is 2.22. The summed E-state index contributed by atoms with van der Waals surface area (Å²) in [6.45, 7) is -3.81. The molecule has 1 rings (SSSR count). The minimum atomic E-state index is -2.07. The molecule has 0 heterocycles. The van der Waals surface area contributed by atoms with Gasteiger partial charge in [-0.3, -0.25) is 14.2 Å². The normalized spacial score (nSPS) is 11.7. The summed E-state index contributed by atoms with van der Waals surface area (Å²) in [7, 11) is 0. The molecule has 1 aromatic rings. The molecule has 0 amide bonds. The van der Waals surface area contributed by atoms with E-state index in [0.29, 0.717) is 5.56 Å². The Kier molecular flexibility index (Phi) is 5.96. The minimum absolute atomic E-state index is 0.119. The first kappa shape index (κ1) is 14.0. The molecule has 1 aromatic carbocycles. The van der Waals surface area contributed by atoms with Gasteiger partial charge in [0.25, 0.3) is 5.97 Å². The summed E-state index contributed by atoms with van der Waals surface area (Å²) < 4.78 is 50.2. The van der Waals surface area contributed by atoms with Gasteiger partial charge in [-0.2, -0.15) is 0 Å². The van der Waals surface area contributed by atoms with Gasteiger partial charge in [-0.25, -0.2) is 13.2 Å². The molecular weight excluding hydrogens is 237 g/mol. The van der Waals surface area contributed by atoms with E-state index in [1.165, 1.54) is 0 Å². The van der Waals surface area contributed by atoms with Crippen molar-refractivity contribution in [2.45, 2.75) is 12.4 Å². The molecule has 0 bridgehead atoms. The van der Waals surface area contributed by atoms with E-state index in [0.717, 1.165) is 0 Å². The van der Waals surface area contributed by atoms with Crippen LogP contribution in [0.2, 0.25) is 0 Å². The van der Waals surface area contributed by atoms with Crippen LogP contribution in [0.25, 0.3) is 0 Å². The molecule has 3 nitrogen and oxygen atoms in total. The predicted octanol–water partition coefficient (Wildman–Crippen LogP) is 2.71. The Morgan fingerprint density at radius 3 is 1.71 bits per heavy atom. The number of alkyl halides is 3. The fourth-order valence-corrected chi connectivity index (χ4v) is 1.37. The molecule has 0 fully saturated rings. The highest BCUT2D eigenvalue weighted by Gasteiger charge is 2.34. The van der Waals surface area contributed by atoms with Crippen molar-refractivity contribution >= 4 is 0 Å². The van der Waals surface area contributed by atoms with Gasteiger partial charge in [-0.1, -0.05) is 30.3 Å². The van der Waals surface area contributed by atoms with Crippen molar-refractivity contribution in [3.05, 3.63) is 35.9 Å². The summed E-state index contributed by atoms with van der Waals surface area (Å²) in [4.78, 5) is 0. The van der Waals surface area contributed by atoms with E-state index in [1.54, 1.807) is 30.3 Å². The molecule has 0 saturated heterocycles. The van der Waals surface area contributed by atoms with Crippen LogP contribution in [-0.2, 0) is 20.6 Å². The van der Waals surface area contributed by atoms with Crippen LogP contribution in [0.15, 0.2) is 30.3 Å². The zero-order valence-electron chi connectivity index (χ0n) is 9.07. The average Bonchev–Trinajstić information content (AvgIpc) is 2.31. The van der Waals surface area contributed by atoms with Crippen molar-refractivity contribution < 1.29 is 27.4 Å². The standard InChI is InChI=1S/C11H13F3O3/c12-7-15-11(16-8-13,17-9-14)6-10-4-2-1-3-5-10/h1-5H,6-9H2. The first-order chi connectivity index (χ1) is 8.26. The average molecular weight is 250 g/mol. The molecule has 0 aliphatic carbocycles. The highest BCUT2D eigenvalue weighted by atomic mass is 19.1. The van der Waals surface area contributed by atoms with Crippen LogP contribution < -0.4 is 0 Å². The van der Waals surface area contributed by atoms with Crippen LogP contribution in [0.4, 0.5) is 13.2 Å². The summed E-state index contributed by atoms with van der Waals surface area (Å²) in [5.74, 6) is -2.07. The molecule has 0 aromatic heterocycles. The maximum atomic E-state index is 12.2. The van der Waals surface area contributed by atoms with Gasteiger partial charge in [0.05, 0.1) is 6.42 Å². The lowest BCUT2D eigenvalue weighted by Gasteiger charge is -2.29. The Hall–Kier alpha value is -1.11. The molecular formula is C11H13F3O3. The van der Waals surface area contributed by atoms with E-state index >= 15 is 0 Å². The van der Waals surface area contributed by atoms with Gasteiger partial charge >= 0.3 is 0 Å². The molecule has 17 heavy (non-hydrogen) atoms. The Bertz CT molecular complexity index is 291. The van der Waals surface area contributed by atoms with Crippen LogP contribution in [0.1, 0.15) is 5.56 Å². The molecule has 0 unspecified atom stereocenters. The van der Waals surface area contributed by atoms with Gasteiger partial charge < -0.3 is 0 Å². The molecule has 96 valence electrons. The zero-order chi connectivity index (χ0) is 12.6. The Morgan fingerprint density at radius 2 is 1.29 bits per heavy atom. The van der Waals surface area contributed by atoms with Crippen molar-refractivity contribution in [1.29, 1.82) is 0 Å². The lowest BCUT2D eigenvalue weighted by molar-refractivity contribution is -0.403. The Balaban J connectivity index is 2.80. The summed E-state index contributed by atoms with van der Waals surface area (Å²) in [5, 5.41) is 0. The maximum absolute atomic E-state index is 12.2. The van der Waals surface area contributed by atoms with Crippen molar-refractivity contribution in [1.82, 2.24) is 0 Å². The monoisotopic (exact) mass is 250 g/mol. The van der Waals surface area contributed by atoms with Gasteiger partial charge in [0, 0.05) is 0 Å². The number of ether oxygens (including phenoxy) is 3. The van der Waals surface area contributed by atoms with Crippen LogP contribution in [0.5, 0.6) is 0 Å². The van der Waals surface area contributed by atoms with Crippen LogP contribution in [0, 0.1) is 0 Å². The summed E-state index contributed by atoms with van der Waals surface area (Å²) in [6, 6.07) is 8.58. The Morgan fingerprint density at radius 1 is 0.824 bits per heavy atom. The van der Waals surface area contributed by atoms with E-state index in [1.807, 2.05) is 0 Å². The van der Waals surface area contributed by atoms with E-state index in [-0.39, 0.29) is 6.42 Å². The van der Waals surface area contributed by atoms with Crippen LogP contribution >= 0.6 is 0 Å². The maximum Gasteiger partial charge on any atom is 0.293 e. The number of benzene rings is 1. The second-order valence-electron chi connectivity index (χ2n) is 3.11. The predicted molar refractivity (Wildman–Crippen MR) is 54.1 cm³/mol. The van der Waals surface area contributed by atoms with Crippen molar-refractivity contribution in [3.63, 3.8) is 0 Å². The fourth-order valence-electron chi connectivity index (χ4n) is 1.37. The third-order valence-corrected chi connectivity index (χ3v) is 2.09. The SMILES string of the molecule is FCOC(Cc1ccccc1)(OCF)OCF. The minimum Gasteiger partial charge on any atom is -0.295 e. The molecule has 0 atom stereocenters. The summed E-state index contributed by atoms with van der Waals surface area (Å²) >= 11 is 0. The number of halogens is 3. The van der Waals surface area contributed by atoms with E-state index < -0.39 is 26.6 Å². The second kappa shape index (κ2) is 7.26. The molecule has 0 aliphatic heterocycles. The first-order valence-electron chi connectivity index (χ1n) is 4.90. The topological polar surface area (TPSA) is 27.7 Å². The lowest BCUT2D eigenvalue weighted by atomic mass is 10.1. The van der Waals surface area contributed by atoms with Gasteiger partial charge in [-0.15, -0.1) is 0 Å². The Labute approximate surface area is 97.1 Å². The van der Waals surface area contributed by atoms with Gasteiger partial charge in [-0.05, 0) is 5.56 Å². The third kappa shape index (κ3) is 4.33. The molecule has 0 saturated carbocycles. The van der Waals surface area contributed by atoms with E-state index in [2.05, 4.69) is 14.2 Å². The quantitative estimate of drug-likeness (QED) is 0.664. The van der Waals surface area contributed by atoms with Gasteiger partial charge in [0.15, 0.2) is 20.6 Å². The highest BCUT2D eigenvalue weighted by molar-refractivity contribution is 5.15. The third-order valence-electron chi connectivity index (χ3n) is 2.09. The lowest BCUT2D eigenvalue weighted by Crippen LogP contribution is -2.41. The van der Waals surface area contributed by atoms with E-state index in [4.69, 9.17) is 0 Å². The smallest absolute Gasteiger partial charge is 0.293 e. The molecule has 6 heteroatoms. The van der Waals surface area contributed by atoms with Crippen molar-refractivity contribution in [2.24, 2.45) is 0 Å². The second-order valence-corrected chi connectivity index (χ2v) is 3.11. The zero-order valence-corrected chi connectivity index (χ0v) is 9.07. The van der Waals surface area contributed by atoms with Crippen LogP contribution in [0.3, 0.4) is 0 Å². The van der Waals surface area contributed by atoms with Crippen molar-refractivity contribution in [2.75, 3.05) is 20.6 Å². The summed E-state index contributed by atoms with van der Waals surface area (Å²) in [6.07, 6.45) is -0.119. The largest absolute Gasteiger partial charge is 0.295 e. The molecule has 0 radical (unpaired) electrons. The molecule has 0 N–H and O–H groups in total.